The monoisotopic (exact) mass is 317 g/mol. The van der Waals surface area contributed by atoms with E-state index in [0.29, 0.717) is 18.8 Å². The SMILES string of the molecule is COCCn1nc(C)c(NC(=O)C=Cc2ccc(F)cc2)c1C. The number of aromatic nitrogens is 2. The zero-order chi connectivity index (χ0) is 16.8. The quantitative estimate of drug-likeness (QED) is 0.834. The Morgan fingerprint density at radius 1 is 1.35 bits per heavy atom. The Kier molecular flexibility index (Phi) is 5.65. The van der Waals surface area contributed by atoms with Crippen molar-refractivity contribution in [2.24, 2.45) is 0 Å². The Morgan fingerprint density at radius 3 is 2.70 bits per heavy atom. The molecule has 0 saturated carbocycles. The Morgan fingerprint density at radius 2 is 2.04 bits per heavy atom. The predicted molar refractivity (Wildman–Crippen MR) is 87.6 cm³/mol. The molecule has 1 amide bonds. The van der Waals surface area contributed by atoms with Gasteiger partial charge in [-0.15, -0.1) is 0 Å². The number of hydrogen-bond donors (Lipinski definition) is 1. The van der Waals surface area contributed by atoms with Gasteiger partial charge in [-0.05, 0) is 37.6 Å². The number of halogens is 1. The van der Waals surface area contributed by atoms with E-state index >= 15 is 0 Å². The summed E-state index contributed by atoms with van der Waals surface area (Å²) in [4.78, 5) is 12.0. The minimum absolute atomic E-state index is 0.258. The van der Waals surface area contributed by atoms with Crippen LogP contribution in [0.5, 0.6) is 0 Å². The molecule has 6 heteroatoms. The number of carbonyl (C=O) groups is 1. The molecule has 0 radical (unpaired) electrons. The molecule has 1 aromatic carbocycles. The van der Waals surface area contributed by atoms with E-state index in [2.05, 4.69) is 10.4 Å². The molecule has 2 aromatic rings. The van der Waals surface area contributed by atoms with Crippen molar-refractivity contribution in [3.8, 4) is 0 Å². The van der Waals surface area contributed by atoms with Crippen molar-refractivity contribution in [3.05, 3.63) is 53.1 Å². The van der Waals surface area contributed by atoms with Crippen LogP contribution in [-0.4, -0.2) is 29.4 Å². The number of hydrogen-bond acceptors (Lipinski definition) is 3. The first-order valence-corrected chi connectivity index (χ1v) is 7.29. The Hall–Kier alpha value is -2.47. The predicted octanol–water partition coefficient (Wildman–Crippen LogP) is 2.94. The highest BCUT2D eigenvalue weighted by Crippen LogP contribution is 2.19. The Balaban J connectivity index is 2.05. The Labute approximate surface area is 134 Å². The van der Waals surface area contributed by atoms with Gasteiger partial charge in [-0.2, -0.15) is 5.10 Å². The topological polar surface area (TPSA) is 56.1 Å². The van der Waals surface area contributed by atoms with E-state index < -0.39 is 0 Å². The second kappa shape index (κ2) is 7.69. The van der Waals surface area contributed by atoms with E-state index in [1.54, 1.807) is 30.0 Å². The molecule has 1 aromatic heterocycles. The standard InChI is InChI=1S/C17H20FN3O2/c1-12-17(13(2)21(20-12)10-11-23-3)19-16(22)9-6-14-4-7-15(18)8-5-14/h4-9H,10-11H2,1-3H3,(H,19,22). The number of ether oxygens (including phenoxy) is 1. The summed E-state index contributed by atoms with van der Waals surface area (Å²) in [5.41, 5.74) is 3.09. The zero-order valence-electron chi connectivity index (χ0n) is 13.5. The van der Waals surface area contributed by atoms with Crippen LogP contribution < -0.4 is 5.32 Å². The normalized spacial score (nSPS) is 11.1. The molecule has 0 aliphatic heterocycles. The van der Waals surface area contributed by atoms with E-state index in [-0.39, 0.29) is 11.7 Å². The van der Waals surface area contributed by atoms with Gasteiger partial charge in [-0.1, -0.05) is 12.1 Å². The molecule has 0 aliphatic rings. The zero-order valence-corrected chi connectivity index (χ0v) is 13.5. The van der Waals surface area contributed by atoms with Crippen molar-refractivity contribution in [1.82, 2.24) is 9.78 Å². The summed E-state index contributed by atoms with van der Waals surface area (Å²) in [7, 11) is 1.63. The summed E-state index contributed by atoms with van der Waals surface area (Å²) >= 11 is 0. The molecular formula is C17H20FN3O2. The second-order valence-electron chi connectivity index (χ2n) is 5.14. The van der Waals surface area contributed by atoms with Crippen LogP contribution in [0.25, 0.3) is 6.08 Å². The van der Waals surface area contributed by atoms with Gasteiger partial charge >= 0.3 is 0 Å². The smallest absolute Gasteiger partial charge is 0.248 e. The summed E-state index contributed by atoms with van der Waals surface area (Å²) in [6.07, 6.45) is 3.05. The van der Waals surface area contributed by atoms with Crippen molar-refractivity contribution >= 4 is 17.7 Å². The third-order valence-corrected chi connectivity index (χ3v) is 3.43. The molecule has 0 atom stereocenters. The van der Waals surface area contributed by atoms with Gasteiger partial charge < -0.3 is 10.1 Å². The van der Waals surface area contributed by atoms with Gasteiger partial charge in [0.2, 0.25) is 5.91 Å². The van der Waals surface area contributed by atoms with Gasteiger partial charge in [0.05, 0.1) is 30.2 Å². The number of rotatable bonds is 6. The van der Waals surface area contributed by atoms with Crippen molar-refractivity contribution < 1.29 is 13.9 Å². The van der Waals surface area contributed by atoms with E-state index in [1.807, 2.05) is 13.8 Å². The number of anilines is 1. The highest BCUT2D eigenvalue weighted by Gasteiger charge is 2.12. The fraction of sp³-hybridized carbons (Fsp3) is 0.294. The molecular weight excluding hydrogens is 297 g/mol. The van der Waals surface area contributed by atoms with Gasteiger partial charge in [-0.3, -0.25) is 9.48 Å². The van der Waals surface area contributed by atoms with E-state index in [0.717, 1.165) is 17.0 Å². The van der Waals surface area contributed by atoms with Crippen LogP contribution in [0.1, 0.15) is 17.0 Å². The Bertz CT molecular complexity index is 705. The van der Waals surface area contributed by atoms with Crippen LogP contribution >= 0.6 is 0 Å². The average Bonchev–Trinajstić information content (AvgIpc) is 2.80. The van der Waals surface area contributed by atoms with Gasteiger partial charge in [0.15, 0.2) is 0 Å². The lowest BCUT2D eigenvalue weighted by Gasteiger charge is -2.05. The van der Waals surface area contributed by atoms with Gasteiger partial charge in [0.1, 0.15) is 5.82 Å². The molecule has 1 N–H and O–H groups in total. The number of benzene rings is 1. The molecule has 5 nitrogen and oxygen atoms in total. The number of carbonyl (C=O) groups excluding carboxylic acids is 1. The third kappa shape index (κ3) is 4.50. The lowest BCUT2D eigenvalue weighted by atomic mass is 10.2. The first kappa shape index (κ1) is 16.9. The third-order valence-electron chi connectivity index (χ3n) is 3.43. The van der Waals surface area contributed by atoms with Crippen molar-refractivity contribution in [3.63, 3.8) is 0 Å². The molecule has 0 saturated heterocycles. The van der Waals surface area contributed by atoms with Gasteiger partial charge in [0, 0.05) is 13.2 Å². The minimum atomic E-state index is -0.304. The second-order valence-corrected chi connectivity index (χ2v) is 5.14. The van der Waals surface area contributed by atoms with Crippen molar-refractivity contribution in [2.45, 2.75) is 20.4 Å². The summed E-state index contributed by atoms with van der Waals surface area (Å²) in [6.45, 7) is 4.93. The van der Waals surface area contributed by atoms with E-state index in [1.165, 1.54) is 18.2 Å². The molecule has 0 unspecified atom stereocenters. The van der Waals surface area contributed by atoms with E-state index in [4.69, 9.17) is 4.74 Å². The summed E-state index contributed by atoms with van der Waals surface area (Å²) in [5, 5.41) is 7.22. The summed E-state index contributed by atoms with van der Waals surface area (Å²) in [6, 6.07) is 5.92. The van der Waals surface area contributed by atoms with Crippen LogP contribution in [0.15, 0.2) is 30.3 Å². The molecule has 0 bridgehead atoms. The number of aryl methyl sites for hydroxylation is 1. The first-order chi connectivity index (χ1) is 11.0. The molecule has 122 valence electrons. The number of amides is 1. The largest absolute Gasteiger partial charge is 0.383 e. The molecule has 0 fully saturated rings. The fourth-order valence-corrected chi connectivity index (χ4v) is 2.18. The van der Waals surface area contributed by atoms with Crippen LogP contribution in [0, 0.1) is 19.7 Å². The van der Waals surface area contributed by atoms with Crippen LogP contribution in [0.2, 0.25) is 0 Å². The lowest BCUT2D eigenvalue weighted by Crippen LogP contribution is -2.11. The molecule has 2 rings (SSSR count). The molecule has 23 heavy (non-hydrogen) atoms. The lowest BCUT2D eigenvalue weighted by molar-refractivity contribution is -0.111. The number of nitrogens with one attached hydrogen (secondary N) is 1. The first-order valence-electron chi connectivity index (χ1n) is 7.29. The highest BCUT2D eigenvalue weighted by atomic mass is 19.1. The van der Waals surface area contributed by atoms with Crippen molar-refractivity contribution in [1.29, 1.82) is 0 Å². The summed E-state index contributed by atoms with van der Waals surface area (Å²) in [5.74, 6) is -0.562. The number of nitrogens with zero attached hydrogens (tertiary/aromatic N) is 2. The minimum Gasteiger partial charge on any atom is -0.383 e. The molecule has 0 spiro atoms. The van der Waals surface area contributed by atoms with Crippen LogP contribution in [0.3, 0.4) is 0 Å². The average molecular weight is 317 g/mol. The molecule has 1 heterocycles. The van der Waals surface area contributed by atoms with Gasteiger partial charge in [0.25, 0.3) is 0 Å². The van der Waals surface area contributed by atoms with Crippen LogP contribution in [0.4, 0.5) is 10.1 Å². The van der Waals surface area contributed by atoms with Crippen molar-refractivity contribution in [2.75, 3.05) is 19.0 Å². The van der Waals surface area contributed by atoms with E-state index in [9.17, 15) is 9.18 Å². The maximum Gasteiger partial charge on any atom is 0.248 e. The summed E-state index contributed by atoms with van der Waals surface area (Å²) < 4.78 is 19.7. The van der Waals surface area contributed by atoms with Gasteiger partial charge in [-0.25, -0.2) is 4.39 Å². The number of methoxy groups -OCH3 is 1. The maximum absolute atomic E-state index is 12.8. The molecule has 0 aliphatic carbocycles. The maximum atomic E-state index is 12.8. The fourth-order valence-electron chi connectivity index (χ4n) is 2.18. The highest BCUT2D eigenvalue weighted by molar-refractivity contribution is 6.02. The van der Waals surface area contributed by atoms with Crippen LogP contribution in [-0.2, 0) is 16.1 Å².